The minimum atomic E-state index is -0.778. The largest absolute Gasteiger partial charge is 0.465 e. The number of likely N-dealkylation sites (tertiary alicyclic amines) is 2. The Morgan fingerprint density at radius 2 is 1.96 bits per heavy atom. The molecule has 28 heavy (non-hydrogen) atoms. The Balaban J connectivity index is 1.39. The zero-order valence-corrected chi connectivity index (χ0v) is 19.1. The molecule has 0 bridgehead atoms. The molecule has 0 aromatic carbocycles. The summed E-state index contributed by atoms with van der Waals surface area (Å²) in [5.74, 6) is 1.78. The highest BCUT2D eigenvalue weighted by Gasteiger charge is 2.55. The molecule has 1 N–H and O–H groups in total. The number of nitrogens with zero attached hydrogens (tertiary/aromatic N) is 5. The Labute approximate surface area is 180 Å². The van der Waals surface area contributed by atoms with Crippen molar-refractivity contribution in [3.63, 3.8) is 0 Å². The number of anilines is 1. The highest BCUT2D eigenvalue weighted by Crippen LogP contribution is 2.44. The predicted octanol–water partition coefficient (Wildman–Crippen LogP) is 3.01. The number of aromatic nitrogens is 2. The van der Waals surface area contributed by atoms with Crippen LogP contribution < -0.4 is 4.90 Å². The Morgan fingerprint density at radius 1 is 1.29 bits per heavy atom. The first-order valence-electron chi connectivity index (χ1n) is 10.1. The lowest BCUT2D eigenvalue weighted by Gasteiger charge is -2.64. The normalized spacial score (nSPS) is 27.4. The first-order valence-corrected chi connectivity index (χ1v) is 11.2. The van der Waals surface area contributed by atoms with Crippen LogP contribution in [0.1, 0.15) is 33.6 Å². The zero-order chi connectivity index (χ0) is 20.1. The van der Waals surface area contributed by atoms with Crippen LogP contribution in [0.2, 0.25) is 0 Å². The van der Waals surface area contributed by atoms with E-state index >= 15 is 0 Å². The van der Waals surface area contributed by atoms with Gasteiger partial charge in [-0.2, -0.15) is 0 Å². The van der Waals surface area contributed by atoms with E-state index in [9.17, 15) is 9.90 Å². The molecule has 8 heteroatoms. The Kier molecular flexibility index (Phi) is 5.22. The van der Waals surface area contributed by atoms with Crippen LogP contribution in [0.25, 0.3) is 0 Å². The fraction of sp³-hybridized carbons (Fsp3) is 0.750. The molecule has 0 aliphatic carbocycles. The van der Waals surface area contributed by atoms with E-state index in [0.29, 0.717) is 24.9 Å². The average Bonchev–Trinajstić information content (AvgIpc) is 2.58. The highest BCUT2D eigenvalue weighted by atomic mass is 127. The number of carboxylic acid groups (broad SMARTS) is 1. The van der Waals surface area contributed by atoms with Gasteiger partial charge < -0.3 is 14.9 Å². The van der Waals surface area contributed by atoms with Crippen LogP contribution in [0, 0.1) is 20.8 Å². The van der Waals surface area contributed by atoms with Crippen LogP contribution >= 0.6 is 22.6 Å². The third-order valence-corrected chi connectivity index (χ3v) is 7.53. The van der Waals surface area contributed by atoms with Gasteiger partial charge >= 0.3 is 6.09 Å². The number of piperidine rings is 1. The van der Waals surface area contributed by atoms with Crippen molar-refractivity contribution in [3.8, 4) is 0 Å². The van der Waals surface area contributed by atoms with Gasteiger partial charge in [-0.05, 0) is 52.7 Å². The quantitative estimate of drug-likeness (QED) is 0.645. The molecule has 0 saturated carbocycles. The molecule has 1 aromatic rings. The predicted molar refractivity (Wildman–Crippen MR) is 117 cm³/mol. The summed E-state index contributed by atoms with van der Waals surface area (Å²) in [5, 5.41) is 9.43. The van der Waals surface area contributed by atoms with E-state index < -0.39 is 6.09 Å². The van der Waals surface area contributed by atoms with Crippen LogP contribution in [0.3, 0.4) is 0 Å². The molecule has 154 valence electrons. The summed E-state index contributed by atoms with van der Waals surface area (Å²) in [6, 6.07) is 0. The molecule has 3 fully saturated rings. The molecule has 0 radical (unpaired) electrons. The zero-order valence-electron chi connectivity index (χ0n) is 16.9. The lowest BCUT2D eigenvalue weighted by Crippen LogP contribution is -2.77. The number of halogens is 1. The summed E-state index contributed by atoms with van der Waals surface area (Å²) in [5.41, 5.74) is 0.385. The first kappa shape index (κ1) is 20.1. The molecule has 4 rings (SSSR count). The molecule has 1 aromatic heterocycles. The molecule has 1 amide bonds. The molecule has 3 saturated heterocycles. The van der Waals surface area contributed by atoms with Crippen LogP contribution in [0.4, 0.5) is 10.7 Å². The van der Waals surface area contributed by atoms with E-state index in [1.807, 2.05) is 12.4 Å². The molecular formula is C20H30IN5O2. The number of amides is 1. The second-order valence-electron chi connectivity index (χ2n) is 9.73. The van der Waals surface area contributed by atoms with E-state index in [1.165, 1.54) is 6.42 Å². The fourth-order valence-corrected chi connectivity index (χ4v) is 5.44. The number of carbonyl (C=O) groups is 1. The van der Waals surface area contributed by atoms with Crippen LogP contribution in [-0.4, -0.2) is 75.8 Å². The van der Waals surface area contributed by atoms with Gasteiger partial charge in [0.1, 0.15) is 0 Å². The smallest absolute Gasteiger partial charge is 0.407 e. The van der Waals surface area contributed by atoms with Crippen molar-refractivity contribution in [2.45, 2.75) is 39.2 Å². The summed E-state index contributed by atoms with van der Waals surface area (Å²) in [7, 11) is 0. The Bertz CT molecular complexity index is 729. The average molecular weight is 499 g/mol. The topological polar surface area (TPSA) is 72.8 Å². The third kappa shape index (κ3) is 3.69. The molecule has 4 heterocycles. The van der Waals surface area contributed by atoms with E-state index in [1.54, 1.807) is 4.90 Å². The maximum absolute atomic E-state index is 11.5. The standard InChI is InChI=1S/C20H30IN5O2/c1-19(2,3)16-11-24(18(27)28)6-4-14(16)10-26-7-5-20(26)12-25(13-20)17-22-8-15(21)9-23-17/h8-9,14,16H,4-7,10-13H2,1-3H3,(H,27,28). The van der Waals surface area contributed by atoms with Gasteiger partial charge in [-0.3, -0.25) is 4.90 Å². The fourth-order valence-electron chi connectivity index (χ4n) is 5.16. The van der Waals surface area contributed by atoms with Crippen molar-refractivity contribution in [2.24, 2.45) is 17.3 Å². The second kappa shape index (κ2) is 7.27. The van der Waals surface area contributed by atoms with Crippen molar-refractivity contribution in [1.29, 1.82) is 0 Å². The van der Waals surface area contributed by atoms with Crippen molar-refractivity contribution in [3.05, 3.63) is 16.0 Å². The molecular weight excluding hydrogens is 469 g/mol. The summed E-state index contributed by atoms with van der Waals surface area (Å²) in [6.07, 6.45) is 5.17. The van der Waals surface area contributed by atoms with Gasteiger partial charge in [0.15, 0.2) is 0 Å². The van der Waals surface area contributed by atoms with Crippen LogP contribution in [0.15, 0.2) is 12.4 Å². The second-order valence-corrected chi connectivity index (χ2v) is 11.0. The van der Waals surface area contributed by atoms with Crippen molar-refractivity contribution >= 4 is 34.6 Å². The summed E-state index contributed by atoms with van der Waals surface area (Å²) in [6.45, 7) is 12.3. The van der Waals surface area contributed by atoms with Gasteiger partial charge in [-0.15, -0.1) is 0 Å². The molecule has 1 spiro atoms. The summed E-state index contributed by atoms with van der Waals surface area (Å²) in [4.78, 5) is 26.9. The van der Waals surface area contributed by atoms with Crippen molar-refractivity contribution in [1.82, 2.24) is 19.8 Å². The number of hydrogen-bond acceptors (Lipinski definition) is 5. The van der Waals surface area contributed by atoms with Gasteiger partial charge in [0.25, 0.3) is 0 Å². The van der Waals surface area contributed by atoms with Gasteiger partial charge in [-0.1, -0.05) is 20.8 Å². The maximum Gasteiger partial charge on any atom is 0.407 e. The Morgan fingerprint density at radius 3 is 2.50 bits per heavy atom. The van der Waals surface area contributed by atoms with Crippen molar-refractivity contribution < 1.29 is 9.90 Å². The van der Waals surface area contributed by atoms with Crippen molar-refractivity contribution in [2.75, 3.05) is 44.2 Å². The molecule has 2 atom stereocenters. The number of hydrogen-bond donors (Lipinski definition) is 1. The Hall–Kier alpha value is -1.16. The molecule has 3 aliphatic rings. The van der Waals surface area contributed by atoms with E-state index in [-0.39, 0.29) is 11.0 Å². The minimum Gasteiger partial charge on any atom is -0.465 e. The monoisotopic (exact) mass is 499 g/mol. The van der Waals surface area contributed by atoms with Crippen LogP contribution in [0.5, 0.6) is 0 Å². The lowest BCUT2D eigenvalue weighted by molar-refractivity contribution is -0.0689. The van der Waals surface area contributed by atoms with Gasteiger partial charge in [0.2, 0.25) is 5.95 Å². The van der Waals surface area contributed by atoms with E-state index in [4.69, 9.17) is 0 Å². The third-order valence-electron chi connectivity index (χ3n) is 6.97. The van der Waals surface area contributed by atoms with Gasteiger partial charge in [-0.25, -0.2) is 14.8 Å². The van der Waals surface area contributed by atoms with E-state index in [2.05, 4.69) is 63.1 Å². The first-order chi connectivity index (χ1) is 13.2. The van der Waals surface area contributed by atoms with E-state index in [0.717, 1.165) is 42.1 Å². The molecule has 2 unspecified atom stereocenters. The molecule has 3 aliphatic heterocycles. The minimum absolute atomic E-state index is 0.109. The highest BCUT2D eigenvalue weighted by molar-refractivity contribution is 14.1. The van der Waals surface area contributed by atoms with Crippen LogP contribution in [-0.2, 0) is 0 Å². The van der Waals surface area contributed by atoms with Gasteiger partial charge in [0, 0.05) is 55.2 Å². The van der Waals surface area contributed by atoms with Gasteiger partial charge in [0.05, 0.1) is 5.54 Å². The number of rotatable bonds is 3. The summed E-state index contributed by atoms with van der Waals surface area (Å²) < 4.78 is 1.06. The summed E-state index contributed by atoms with van der Waals surface area (Å²) >= 11 is 2.23. The maximum atomic E-state index is 11.5. The SMILES string of the molecule is CC(C)(C)C1CN(C(=O)O)CCC1CN1CCC12CN(c1ncc(I)cn1)C2. The lowest BCUT2D eigenvalue weighted by atomic mass is 9.68. The molecule has 7 nitrogen and oxygen atoms in total.